The number of fused-ring (bicyclic) bond motifs is 7. The summed E-state index contributed by atoms with van der Waals surface area (Å²) in [6.45, 7) is 16.4. The zero-order chi connectivity index (χ0) is 27.9. The molecule has 0 aromatic heterocycles. The number of rotatable bonds is 3. The first kappa shape index (κ1) is 27.9. The number of hydroxylamine groups is 1. The van der Waals surface area contributed by atoms with Crippen LogP contribution in [0.2, 0.25) is 0 Å². The van der Waals surface area contributed by atoms with Gasteiger partial charge in [-0.3, -0.25) is 14.4 Å². The number of nitrogens with one attached hydrogen (secondary N) is 1. The maximum Gasteiger partial charge on any atom is 0.249 e. The smallest absolute Gasteiger partial charge is 0.249 e. The van der Waals surface area contributed by atoms with Gasteiger partial charge in [-0.15, -0.1) is 0 Å². The second kappa shape index (κ2) is 8.65. The molecule has 38 heavy (non-hydrogen) atoms. The molecule has 0 radical (unpaired) electrons. The van der Waals surface area contributed by atoms with E-state index in [-0.39, 0.29) is 44.8 Å². The van der Waals surface area contributed by atoms with Crippen LogP contribution in [0.1, 0.15) is 106 Å². The van der Waals surface area contributed by atoms with Crippen LogP contribution in [0.3, 0.4) is 0 Å². The largest absolute Gasteiger partial charge is 0.399 e. The van der Waals surface area contributed by atoms with Gasteiger partial charge in [0.05, 0.1) is 12.8 Å². The number of amides is 1. The maximum absolute atomic E-state index is 14.5. The van der Waals surface area contributed by atoms with E-state index in [0.717, 1.165) is 63.5 Å². The van der Waals surface area contributed by atoms with Crippen LogP contribution in [0, 0.1) is 50.2 Å². The van der Waals surface area contributed by atoms with Crippen LogP contribution in [-0.4, -0.2) is 31.6 Å². The topological polar surface area (TPSA) is 77.0 Å². The van der Waals surface area contributed by atoms with E-state index in [0.29, 0.717) is 11.7 Å². The average molecular weight is 527 g/mol. The molecular weight excluding hydrogens is 476 g/mol. The second-order valence-corrected chi connectivity index (χ2v) is 15.3. The van der Waals surface area contributed by atoms with Crippen molar-refractivity contribution < 1.29 is 19.3 Å². The molecule has 0 heterocycles. The van der Waals surface area contributed by atoms with Crippen molar-refractivity contribution in [3.05, 3.63) is 11.6 Å². The van der Waals surface area contributed by atoms with Gasteiger partial charge in [0.1, 0.15) is 7.11 Å². The summed E-state index contributed by atoms with van der Waals surface area (Å²) in [5, 5.41) is 4.45. The van der Waals surface area contributed by atoms with Crippen LogP contribution in [0.4, 0.5) is 0 Å². The van der Waals surface area contributed by atoms with Gasteiger partial charge in [0, 0.05) is 16.7 Å². The van der Waals surface area contributed by atoms with Crippen molar-refractivity contribution in [1.82, 2.24) is 5.48 Å². The van der Waals surface area contributed by atoms with Gasteiger partial charge < -0.3 is 4.84 Å². The quantitative estimate of drug-likeness (QED) is 0.418. The highest BCUT2D eigenvalue weighted by molar-refractivity contribution is 5.97. The minimum absolute atomic E-state index is 0.00184. The lowest BCUT2D eigenvalue weighted by Gasteiger charge is -2.70. The molecule has 5 aliphatic rings. The summed E-state index contributed by atoms with van der Waals surface area (Å²) in [4.78, 5) is 37.8. The SMILES string of the molecule is CON=C1CC[C@@]2(C)C(CC[C@]3(C)[C@@H]2C(=O)C=C2[C@@H]4C[C@@](C)(C(=O)NOC)CC[C@]4(C)CC[C@]23C)C1(C)C. The van der Waals surface area contributed by atoms with E-state index >= 15 is 0 Å². The van der Waals surface area contributed by atoms with Gasteiger partial charge in [-0.1, -0.05) is 59.2 Å². The Morgan fingerprint density at radius 3 is 2.32 bits per heavy atom. The normalized spacial score (nSPS) is 48.7. The van der Waals surface area contributed by atoms with Gasteiger partial charge in [0.15, 0.2) is 5.78 Å². The van der Waals surface area contributed by atoms with Crippen molar-refractivity contribution >= 4 is 17.4 Å². The Kier molecular flexibility index (Phi) is 6.34. The van der Waals surface area contributed by atoms with Gasteiger partial charge in [-0.2, -0.15) is 0 Å². The Morgan fingerprint density at radius 1 is 0.974 bits per heavy atom. The van der Waals surface area contributed by atoms with E-state index in [2.05, 4.69) is 65.2 Å². The molecule has 4 fully saturated rings. The Hall–Kier alpha value is -1.69. The van der Waals surface area contributed by atoms with Crippen LogP contribution in [-0.2, 0) is 19.3 Å². The third-order valence-electron chi connectivity index (χ3n) is 13.3. The summed E-state index contributed by atoms with van der Waals surface area (Å²) >= 11 is 0. The number of nitrogens with zero attached hydrogens (tertiary/aromatic N) is 1. The van der Waals surface area contributed by atoms with Crippen molar-refractivity contribution in [1.29, 1.82) is 0 Å². The number of allylic oxidation sites excluding steroid dienone is 2. The fourth-order valence-electron chi connectivity index (χ4n) is 10.7. The fourth-order valence-corrected chi connectivity index (χ4v) is 10.7. The molecular formula is C32H50N2O4. The average Bonchev–Trinajstić information content (AvgIpc) is 2.83. The van der Waals surface area contributed by atoms with E-state index in [9.17, 15) is 9.59 Å². The van der Waals surface area contributed by atoms with Crippen molar-refractivity contribution in [3.8, 4) is 0 Å². The highest BCUT2D eigenvalue weighted by atomic mass is 16.6. The third-order valence-corrected chi connectivity index (χ3v) is 13.3. The second-order valence-electron chi connectivity index (χ2n) is 15.3. The van der Waals surface area contributed by atoms with Crippen molar-refractivity contribution in [3.63, 3.8) is 0 Å². The molecule has 5 rings (SSSR count). The first-order valence-electron chi connectivity index (χ1n) is 14.8. The van der Waals surface area contributed by atoms with E-state index in [1.807, 2.05) is 0 Å². The number of carbonyl (C=O) groups excluding carboxylic acids is 2. The van der Waals surface area contributed by atoms with Crippen LogP contribution in [0.25, 0.3) is 0 Å². The van der Waals surface area contributed by atoms with Gasteiger partial charge in [-0.05, 0) is 97.4 Å². The monoisotopic (exact) mass is 526 g/mol. The van der Waals surface area contributed by atoms with Gasteiger partial charge >= 0.3 is 0 Å². The summed E-state index contributed by atoms with van der Waals surface area (Å²) in [5.41, 5.74) is 4.40. The summed E-state index contributed by atoms with van der Waals surface area (Å²) in [7, 11) is 3.14. The standard InChI is InChI=1S/C32H50N2O4/c1-27(2)23-10-13-32(7)25(30(23,5)12-11-24(27)33-37-8)22(35)18-20-21-19-29(4,26(36)34-38-9)15-14-28(21,3)16-17-31(20,32)6/h18,21,23,25H,10-17,19H2,1-9H3,(H,34,36)/t21-,23?,25+,28+,29-,30-,31+,32+/m0/s1. The Morgan fingerprint density at radius 2 is 1.66 bits per heavy atom. The fraction of sp³-hybridized carbons (Fsp3) is 0.844. The molecule has 212 valence electrons. The lowest BCUT2D eigenvalue weighted by atomic mass is 9.33. The van der Waals surface area contributed by atoms with E-state index in [1.165, 1.54) is 12.7 Å². The molecule has 8 atom stereocenters. The summed E-state index contributed by atoms with van der Waals surface area (Å²) in [6.07, 6.45) is 11.0. The molecule has 5 aliphatic carbocycles. The van der Waals surface area contributed by atoms with Crippen molar-refractivity contribution in [2.24, 2.45) is 55.4 Å². The molecule has 0 aromatic rings. The van der Waals surface area contributed by atoms with Crippen LogP contribution in [0.15, 0.2) is 16.8 Å². The van der Waals surface area contributed by atoms with Crippen LogP contribution in [0.5, 0.6) is 0 Å². The molecule has 4 saturated carbocycles. The number of carbonyl (C=O) groups is 2. The molecule has 6 nitrogen and oxygen atoms in total. The van der Waals surface area contributed by atoms with E-state index < -0.39 is 5.41 Å². The van der Waals surface area contributed by atoms with Gasteiger partial charge in [-0.25, -0.2) is 5.48 Å². The van der Waals surface area contributed by atoms with E-state index in [1.54, 1.807) is 7.11 Å². The molecule has 0 saturated heterocycles. The number of hydrogen-bond acceptors (Lipinski definition) is 5. The molecule has 6 heteroatoms. The summed E-state index contributed by atoms with van der Waals surface area (Å²) < 4.78 is 0. The molecule has 0 aliphatic heterocycles. The predicted octanol–water partition coefficient (Wildman–Crippen LogP) is 6.65. The minimum atomic E-state index is -0.492. The Labute approximate surface area is 229 Å². The first-order chi connectivity index (χ1) is 17.6. The predicted molar refractivity (Wildman–Crippen MR) is 149 cm³/mol. The molecule has 1 unspecified atom stereocenters. The van der Waals surface area contributed by atoms with Gasteiger partial charge in [0.25, 0.3) is 0 Å². The molecule has 1 N–H and O–H groups in total. The highest BCUT2D eigenvalue weighted by Crippen LogP contribution is 2.74. The first-order valence-corrected chi connectivity index (χ1v) is 14.8. The molecule has 0 spiro atoms. The van der Waals surface area contributed by atoms with Crippen molar-refractivity contribution in [2.75, 3.05) is 14.2 Å². The number of oxime groups is 1. The van der Waals surface area contributed by atoms with Crippen molar-refractivity contribution in [2.45, 2.75) is 106 Å². The van der Waals surface area contributed by atoms with Gasteiger partial charge in [0.2, 0.25) is 5.91 Å². The number of ketones is 1. The highest BCUT2D eigenvalue weighted by Gasteiger charge is 2.70. The third kappa shape index (κ3) is 3.50. The minimum Gasteiger partial charge on any atom is -0.399 e. The molecule has 1 amide bonds. The zero-order valence-electron chi connectivity index (χ0n) is 25.3. The Balaban J connectivity index is 1.58. The summed E-state index contributed by atoms with van der Waals surface area (Å²) in [5.74, 6) is 0.919. The van der Waals surface area contributed by atoms with Crippen LogP contribution >= 0.6 is 0 Å². The summed E-state index contributed by atoms with van der Waals surface area (Å²) in [6, 6.07) is 0. The van der Waals surface area contributed by atoms with Crippen LogP contribution < -0.4 is 5.48 Å². The number of hydrogen-bond donors (Lipinski definition) is 1. The lowest BCUT2D eigenvalue weighted by Crippen LogP contribution is -2.66. The zero-order valence-corrected chi connectivity index (χ0v) is 25.3. The molecule has 0 aromatic carbocycles. The van der Waals surface area contributed by atoms with E-state index in [4.69, 9.17) is 9.68 Å². The molecule has 0 bridgehead atoms. The Bertz CT molecular complexity index is 1100. The lowest BCUT2D eigenvalue weighted by molar-refractivity contribution is -0.175. The maximum atomic E-state index is 14.5.